The summed E-state index contributed by atoms with van der Waals surface area (Å²) >= 11 is 0. The number of allylic oxidation sites excluding steroid dienone is 1. The molecule has 0 atom stereocenters. The minimum absolute atomic E-state index is 0.0740. The molecule has 0 unspecified atom stereocenters. The van der Waals surface area contributed by atoms with E-state index >= 15 is 0 Å². The lowest BCUT2D eigenvalue weighted by atomic mass is 10.2. The molecule has 0 aliphatic carbocycles. The molecule has 1 aromatic rings. The van der Waals surface area contributed by atoms with Crippen molar-refractivity contribution in [1.29, 1.82) is 0 Å². The number of ether oxygens (including phenoxy) is 2. The molecule has 0 spiro atoms. The summed E-state index contributed by atoms with van der Waals surface area (Å²) in [5, 5.41) is 9.65. The van der Waals surface area contributed by atoms with Gasteiger partial charge in [0.15, 0.2) is 11.5 Å². The fourth-order valence-electron chi connectivity index (χ4n) is 1.18. The maximum absolute atomic E-state index is 11.2. The van der Waals surface area contributed by atoms with Gasteiger partial charge in [-0.25, -0.2) is 4.79 Å². The molecular weight excluding hydrogens is 220 g/mol. The van der Waals surface area contributed by atoms with Crippen LogP contribution >= 0.6 is 0 Å². The smallest absolute Gasteiger partial charge is 0.337 e. The molecule has 1 rings (SSSR count). The highest BCUT2D eigenvalue weighted by molar-refractivity contribution is 5.90. The van der Waals surface area contributed by atoms with E-state index in [1.165, 1.54) is 13.2 Å². The second-order valence-corrected chi connectivity index (χ2v) is 3.77. The quantitative estimate of drug-likeness (QED) is 0.644. The van der Waals surface area contributed by atoms with E-state index < -0.39 is 5.97 Å². The summed E-state index contributed by atoms with van der Waals surface area (Å²) in [4.78, 5) is 11.2. The molecule has 0 bridgehead atoms. The predicted octanol–water partition coefficient (Wildman–Crippen LogP) is 2.52. The monoisotopic (exact) mass is 236 g/mol. The van der Waals surface area contributed by atoms with Crippen LogP contribution in [0.2, 0.25) is 0 Å². The van der Waals surface area contributed by atoms with Crippen LogP contribution in [0, 0.1) is 0 Å². The Morgan fingerprint density at radius 2 is 2.12 bits per heavy atom. The maximum atomic E-state index is 11.2. The van der Waals surface area contributed by atoms with Gasteiger partial charge in [0.25, 0.3) is 0 Å². The number of rotatable bonds is 4. The van der Waals surface area contributed by atoms with E-state index in [1.807, 2.05) is 19.9 Å². The van der Waals surface area contributed by atoms with Crippen molar-refractivity contribution in [3.63, 3.8) is 0 Å². The molecule has 0 saturated heterocycles. The van der Waals surface area contributed by atoms with Crippen molar-refractivity contribution in [2.75, 3.05) is 13.7 Å². The van der Waals surface area contributed by atoms with Crippen LogP contribution < -0.4 is 4.74 Å². The average molecular weight is 236 g/mol. The number of methoxy groups -OCH3 is 1. The van der Waals surface area contributed by atoms with E-state index in [2.05, 4.69) is 4.74 Å². The summed E-state index contributed by atoms with van der Waals surface area (Å²) < 4.78 is 9.88. The molecule has 1 aromatic carbocycles. The van der Waals surface area contributed by atoms with E-state index in [4.69, 9.17) is 4.74 Å². The predicted molar refractivity (Wildman–Crippen MR) is 64.4 cm³/mol. The van der Waals surface area contributed by atoms with Crippen LogP contribution in [0.5, 0.6) is 11.5 Å². The first-order valence-corrected chi connectivity index (χ1v) is 5.22. The normalized spacial score (nSPS) is 9.59. The summed E-state index contributed by atoms with van der Waals surface area (Å²) in [6.45, 7) is 4.31. The zero-order valence-electron chi connectivity index (χ0n) is 10.2. The van der Waals surface area contributed by atoms with Gasteiger partial charge in [-0.3, -0.25) is 0 Å². The third-order valence-corrected chi connectivity index (χ3v) is 2.11. The Balaban J connectivity index is 2.76. The van der Waals surface area contributed by atoms with Crippen molar-refractivity contribution in [2.45, 2.75) is 13.8 Å². The minimum Gasteiger partial charge on any atom is -0.504 e. The fourth-order valence-corrected chi connectivity index (χ4v) is 1.18. The fraction of sp³-hybridized carbons (Fsp3) is 0.308. The van der Waals surface area contributed by atoms with Gasteiger partial charge in [0, 0.05) is 0 Å². The van der Waals surface area contributed by atoms with Gasteiger partial charge in [0.2, 0.25) is 0 Å². The third kappa shape index (κ3) is 3.83. The van der Waals surface area contributed by atoms with Crippen molar-refractivity contribution in [1.82, 2.24) is 0 Å². The first-order valence-electron chi connectivity index (χ1n) is 5.22. The van der Waals surface area contributed by atoms with Gasteiger partial charge >= 0.3 is 5.97 Å². The number of esters is 1. The zero-order valence-corrected chi connectivity index (χ0v) is 10.2. The number of phenols is 1. The van der Waals surface area contributed by atoms with Crippen LogP contribution in [-0.2, 0) is 4.74 Å². The molecule has 0 aliphatic rings. The van der Waals surface area contributed by atoms with E-state index in [0.29, 0.717) is 17.9 Å². The highest BCUT2D eigenvalue weighted by Crippen LogP contribution is 2.27. The molecule has 0 aliphatic heterocycles. The lowest BCUT2D eigenvalue weighted by Crippen LogP contribution is -2.01. The number of phenolic OH excluding ortho intramolecular Hbond substituents is 1. The molecule has 92 valence electrons. The summed E-state index contributed by atoms with van der Waals surface area (Å²) in [5.41, 5.74) is 1.43. The van der Waals surface area contributed by atoms with Crippen LogP contribution in [-0.4, -0.2) is 24.8 Å². The SMILES string of the molecule is COC(=O)c1ccc(OCC=C(C)C)c(O)c1. The molecule has 0 heterocycles. The highest BCUT2D eigenvalue weighted by Gasteiger charge is 2.09. The Labute approximate surface area is 100 Å². The third-order valence-electron chi connectivity index (χ3n) is 2.11. The van der Waals surface area contributed by atoms with Crippen molar-refractivity contribution < 1.29 is 19.4 Å². The van der Waals surface area contributed by atoms with E-state index in [0.717, 1.165) is 5.57 Å². The number of hydrogen-bond acceptors (Lipinski definition) is 4. The molecule has 0 amide bonds. The standard InChI is InChI=1S/C13H16O4/c1-9(2)6-7-17-12-5-4-10(8-11(12)14)13(15)16-3/h4-6,8,14H,7H2,1-3H3. The van der Waals surface area contributed by atoms with Crippen LogP contribution in [0.3, 0.4) is 0 Å². The molecule has 1 N–H and O–H groups in total. The Bertz CT molecular complexity index is 431. The van der Waals surface area contributed by atoms with E-state index in [9.17, 15) is 9.90 Å². The van der Waals surface area contributed by atoms with Gasteiger partial charge in [0.05, 0.1) is 12.7 Å². The maximum Gasteiger partial charge on any atom is 0.337 e. The Kier molecular flexibility index (Phi) is 4.57. The first-order chi connectivity index (χ1) is 8.04. The first kappa shape index (κ1) is 13.1. The molecule has 4 nitrogen and oxygen atoms in total. The lowest BCUT2D eigenvalue weighted by Gasteiger charge is -2.07. The molecule has 0 saturated carbocycles. The highest BCUT2D eigenvalue weighted by atomic mass is 16.5. The summed E-state index contributed by atoms with van der Waals surface area (Å²) in [6, 6.07) is 4.41. The largest absolute Gasteiger partial charge is 0.504 e. The van der Waals surface area contributed by atoms with Gasteiger partial charge < -0.3 is 14.6 Å². The summed E-state index contributed by atoms with van der Waals surface area (Å²) in [7, 11) is 1.29. The summed E-state index contributed by atoms with van der Waals surface area (Å²) in [5.74, 6) is -0.221. The van der Waals surface area contributed by atoms with Gasteiger partial charge in [-0.05, 0) is 38.1 Å². The van der Waals surface area contributed by atoms with Crippen LogP contribution in [0.4, 0.5) is 0 Å². The number of carbonyl (C=O) groups excluding carboxylic acids is 1. The van der Waals surface area contributed by atoms with Crippen LogP contribution in [0.15, 0.2) is 29.8 Å². The Morgan fingerprint density at radius 3 is 2.65 bits per heavy atom. The van der Waals surface area contributed by atoms with Crippen molar-refractivity contribution in [2.24, 2.45) is 0 Å². The Hall–Kier alpha value is -1.97. The second-order valence-electron chi connectivity index (χ2n) is 3.77. The number of benzene rings is 1. The average Bonchev–Trinajstić information content (AvgIpc) is 2.29. The molecule has 0 radical (unpaired) electrons. The Morgan fingerprint density at radius 1 is 1.41 bits per heavy atom. The molecular formula is C13H16O4. The summed E-state index contributed by atoms with van der Waals surface area (Å²) in [6.07, 6.45) is 1.90. The van der Waals surface area contributed by atoms with Crippen LogP contribution in [0.1, 0.15) is 24.2 Å². The van der Waals surface area contributed by atoms with Gasteiger partial charge in [-0.2, -0.15) is 0 Å². The topological polar surface area (TPSA) is 55.8 Å². The van der Waals surface area contributed by atoms with Gasteiger partial charge in [-0.15, -0.1) is 0 Å². The number of hydrogen-bond donors (Lipinski definition) is 1. The van der Waals surface area contributed by atoms with Gasteiger partial charge in [0.1, 0.15) is 6.61 Å². The van der Waals surface area contributed by atoms with Crippen LogP contribution in [0.25, 0.3) is 0 Å². The minimum atomic E-state index is -0.490. The number of aromatic hydroxyl groups is 1. The molecule has 17 heavy (non-hydrogen) atoms. The van der Waals surface area contributed by atoms with Crippen molar-refractivity contribution in [3.8, 4) is 11.5 Å². The number of carbonyl (C=O) groups is 1. The van der Waals surface area contributed by atoms with E-state index in [1.54, 1.807) is 12.1 Å². The van der Waals surface area contributed by atoms with Crippen molar-refractivity contribution >= 4 is 5.97 Å². The van der Waals surface area contributed by atoms with E-state index in [-0.39, 0.29) is 5.75 Å². The molecule has 4 heteroatoms. The molecule has 0 fully saturated rings. The second kappa shape index (κ2) is 5.94. The zero-order chi connectivity index (χ0) is 12.8. The van der Waals surface area contributed by atoms with Crippen molar-refractivity contribution in [3.05, 3.63) is 35.4 Å². The molecule has 0 aromatic heterocycles. The lowest BCUT2D eigenvalue weighted by molar-refractivity contribution is 0.0600. The van der Waals surface area contributed by atoms with Gasteiger partial charge in [-0.1, -0.05) is 5.57 Å².